The first kappa shape index (κ1) is 18.9. The molecular formula is C12H12N2O6S4. The first-order valence-electron chi connectivity index (χ1n) is 6.07. The van der Waals surface area contributed by atoms with Crippen LogP contribution in [-0.2, 0) is 20.2 Å². The van der Waals surface area contributed by atoms with E-state index in [2.05, 4.69) is 0 Å². The van der Waals surface area contributed by atoms with Crippen LogP contribution in [0.2, 0.25) is 0 Å². The number of rotatable bonds is 5. The lowest BCUT2D eigenvalue weighted by Crippen LogP contribution is -2.00. The van der Waals surface area contributed by atoms with Crippen molar-refractivity contribution in [1.82, 2.24) is 0 Å². The van der Waals surface area contributed by atoms with E-state index in [0.717, 1.165) is 12.1 Å². The van der Waals surface area contributed by atoms with E-state index in [9.17, 15) is 16.8 Å². The number of hydrogen-bond donors (Lipinski definition) is 4. The van der Waals surface area contributed by atoms with E-state index in [4.69, 9.17) is 20.6 Å². The SMILES string of the molecule is Nc1cc(S(=O)(=O)O)ccc1SSc1ccc(S(=O)(=O)O)cc1N. The average molecular weight is 409 g/mol. The second-order valence-corrected chi connectivity index (χ2v) is 9.57. The van der Waals surface area contributed by atoms with Crippen molar-refractivity contribution in [3.8, 4) is 0 Å². The standard InChI is InChI=1S/C12H12N2O6S4/c13-9-5-7(23(15,16)17)1-3-11(9)21-22-12-4-2-8(6-10(12)14)24(18,19)20/h1-6H,13-14H2,(H,15,16,17)(H,18,19,20). The van der Waals surface area contributed by atoms with Crippen LogP contribution in [0.25, 0.3) is 0 Å². The molecule has 6 N–H and O–H groups in total. The Bertz CT molecular complexity index is 907. The second kappa shape index (κ2) is 6.82. The van der Waals surface area contributed by atoms with Gasteiger partial charge < -0.3 is 11.5 Å². The molecular weight excluding hydrogens is 396 g/mol. The number of nitrogen functional groups attached to an aromatic ring is 2. The highest BCUT2D eigenvalue weighted by atomic mass is 33.1. The number of nitrogens with two attached hydrogens (primary N) is 2. The molecule has 0 aliphatic rings. The third-order valence-electron chi connectivity index (χ3n) is 2.78. The number of hydrogen-bond acceptors (Lipinski definition) is 8. The highest BCUT2D eigenvalue weighted by Gasteiger charge is 2.14. The van der Waals surface area contributed by atoms with Gasteiger partial charge in [-0.2, -0.15) is 16.8 Å². The largest absolute Gasteiger partial charge is 0.398 e. The normalized spacial score (nSPS) is 12.2. The van der Waals surface area contributed by atoms with Crippen molar-refractivity contribution < 1.29 is 25.9 Å². The summed E-state index contributed by atoms with van der Waals surface area (Å²) in [6, 6.07) is 7.53. The van der Waals surface area contributed by atoms with Crippen molar-refractivity contribution in [2.45, 2.75) is 19.6 Å². The van der Waals surface area contributed by atoms with Gasteiger partial charge >= 0.3 is 0 Å². The summed E-state index contributed by atoms with van der Waals surface area (Å²) < 4.78 is 62.1. The summed E-state index contributed by atoms with van der Waals surface area (Å²) in [6.45, 7) is 0. The molecule has 0 heterocycles. The maximum Gasteiger partial charge on any atom is 0.294 e. The van der Waals surface area contributed by atoms with E-state index in [-0.39, 0.29) is 21.2 Å². The molecule has 2 aromatic rings. The van der Waals surface area contributed by atoms with Crippen LogP contribution in [-0.4, -0.2) is 25.9 Å². The molecule has 0 aliphatic heterocycles. The highest BCUT2D eigenvalue weighted by Crippen LogP contribution is 2.43. The summed E-state index contributed by atoms with van der Waals surface area (Å²) in [5, 5.41) is 0. The minimum Gasteiger partial charge on any atom is -0.398 e. The lowest BCUT2D eigenvalue weighted by molar-refractivity contribution is 0.481. The lowest BCUT2D eigenvalue weighted by Gasteiger charge is -2.08. The van der Waals surface area contributed by atoms with E-state index in [0.29, 0.717) is 9.79 Å². The van der Waals surface area contributed by atoms with Crippen LogP contribution in [0.3, 0.4) is 0 Å². The highest BCUT2D eigenvalue weighted by molar-refractivity contribution is 8.76. The summed E-state index contributed by atoms with van der Waals surface area (Å²) in [5.74, 6) is 0. The zero-order chi connectivity index (χ0) is 18.1. The fraction of sp³-hybridized carbons (Fsp3) is 0. The van der Waals surface area contributed by atoms with Crippen LogP contribution in [0, 0.1) is 0 Å². The molecule has 0 aliphatic carbocycles. The molecule has 0 unspecified atom stereocenters. The fourth-order valence-electron chi connectivity index (χ4n) is 1.62. The van der Waals surface area contributed by atoms with Gasteiger partial charge in [-0.25, -0.2) is 0 Å². The van der Waals surface area contributed by atoms with Crippen molar-refractivity contribution in [3.05, 3.63) is 36.4 Å². The molecule has 130 valence electrons. The third-order valence-corrected chi connectivity index (χ3v) is 6.99. The smallest absolute Gasteiger partial charge is 0.294 e. The van der Waals surface area contributed by atoms with Gasteiger partial charge in [-0.05, 0) is 36.4 Å². The molecule has 8 nitrogen and oxygen atoms in total. The van der Waals surface area contributed by atoms with Crippen molar-refractivity contribution in [1.29, 1.82) is 0 Å². The van der Waals surface area contributed by atoms with Crippen LogP contribution in [0.1, 0.15) is 0 Å². The lowest BCUT2D eigenvalue weighted by atomic mass is 10.3. The fourth-order valence-corrected chi connectivity index (χ4v) is 4.83. The second-order valence-electron chi connectivity index (χ2n) is 4.52. The van der Waals surface area contributed by atoms with E-state index >= 15 is 0 Å². The van der Waals surface area contributed by atoms with E-state index in [1.807, 2.05) is 0 Å². The van der Waals surface area contributed by atoms with Crippen LogP contribution < -0.4 is 11.5 Å². The summed E-state index contributed by atoms with van der Waals surface area (Å²) in [7, 11) is -6.32. The third kappa shape index (κ3) is 4.55. The Morgan fingerprint density at radius 3 is 1.29 bits per heavy atom. The predicted molar refractivity (Wildman–Crippen MR) is 93.1 cm³/mol. The Balaban J connectivity index is 2.20. The van der Waals surface area contributed by atoms with Gasteiger partial charge in [0.2, 0.25) is 0 Å². The van der Waals surface area contributed by atoms with Gasteiger partial charge in [0, 0.05) is 21.2 Å². The van der Waals surface area contributed by atoms with Gasteiger partial charge in [0.25, 0.3) is 20.2 Å². The molecule has 24 heavy (non-hydrogen) atoms. The molecule has 12 heteroatoms. The molecule has 0 amide bonds. The van der Waals surface area contributed by atoms with Crippen molar-refractivity contribution in [3.63, 3.8) is 0 Å². The zero-order valence-corrected chi connectivity index (χ0v) is 15.0. The molecule has 0 atom stereocenters. The molecule has 0 saturated heterocycles. The Morgan fingerprint density at radius 1 is 0.708 bits per heavy atom. The van der Waals surface area contributed by atoms with Gasteiger partial charge in [0.15, 0.2) is 0 Å². The monoisotopic (exact) mass is 408 g/mol. The van der Waals surface area contributed by atoms with Crippen LogP contribution >= 0.6 is 21.6 Å². The molecule has 0 saturated carbocycles. The van der Waals surface area contributed by atoms with Gasteiger partial charge in [-0.1, -0.05) is 21.6 Å². The van der Waals surface area contributed by atoms with Crippen molar-refractivity contribution in [2.75, 3.05) is 11.5 Å². The van der Waals surface area contributed by atoms with Gasteiger partial charge in [-0.15, -0.1) is 0 Å². The van der Waals surface area contributed by atoms with Crippen LogP contribution in [0.5, 0.6) is 0 Å². The summed E-state index contributed by atoms with van der Waals surface area (Å²) in [5.41, 5.74) is 11.8. The topological polar surface area (TPSA) is 161 Å². The van der Waals surface area contributed by atoms with Crippen molar-refractivity contribution >= 4 is 53.2 Å². The molecule has 0 fully saturated rings. The average Bonchev–Trinajstić information content (AvgIpc) is 2.45. The Morgan fingerprint density at radius 2 is 1.04 bits per heavy atom. The van der Waals surface area contributed by atoms with Gasteiger partial charge in [0.1, 0.15) is 0 Å². The molecule has 0 bridgehead atoms. The van der Waals surface area contributed by atoms with Crippen LogP contribution in [0.15, 0.2) is 56.0 Å². The first-order chi connectivity index (χ1) is 11.0. The zero-order valence-electron chi connectivity index (χ0n) is 11.8. The molecule has 0 aromatic heterocycles. The summed E-state index contributed by atoms with van der Waals surface area (Å²) in [6.07, 6.45) is 0. The van der Waals surface area contributed by atoms with Gasteiger partial charge in [0.05, 0.1) is 9.79 Å². The molecule has 2 aromatic carbocycles. The minimum absolute atomic E-state index is 0.149. The maximum absolute atomic E-state index is 11.0. The predicted octanol–water partition coefficient (Wildman–Crippen LogP) is 2.14. The Kier molecular flexibility index (Phi) is 5.37. The van der Waals surface area contributed by atoms with Crippen molar-refractivity contribution in [2.24, 2.45) is 0 Å². The quantitative estimate of drug-likeness (QED) is 0.328. The Labute approximate surface area is 146 Å². The summed E-state index contributed by atoms with van der Waals surface area (Å²) >= 11 is 0. The Hall–Kier alpha value is -1.44. The van der Waals surface area contributed by atoms with Crippen LogP contribution in [0.4, 0.5) is 11.4 Å². The minimum atomic E-state index is -4.33. The summed E-state index contributed by atoms with van der Waals surface area (Å²) in [4.78, 5) is 0.439. The van der Waals surface area contributed by atoms with E-state index in [1.165, 1.54) is 45.9 Å². The van der Waals surface area contributed by atoms with Gasteiger partial charge in [-0.3, -0.25) is 9.11 Å². The van der Waals surface area contributed by atoms with E-state index < -0.39 is 20.2 Å². The molecule has 2 rings (SSSR count). The number of anilines is 2. The number of benzene rings is 2. The molecule has 0 radical (unpaired) electrons. The maximum atomic E-state index is 11.0. The first-order valence-corrected chi connectivity index (χ1v) is 11.1. The van der Waals surface area contributed by atoms with E-state index in [1.54, 1.807) is 0 Å². The molecule has 0 spiro atoms.